The van der Waals surface area contributed by atoms with Gasteiger partial charge in [0.05, 0.1) is 25.5 Å². The highest BCUT2D eigenvalue weighted by Gasteiger charge is 2.36. The normalized spacial score (nSPS) is 20.9. The van der Waals surface area contributed by atoms with E-state index in [1.54, 1.807) is 10.7 Å². The number of benzene rings is 1. The van der Waals surface area contributed by atoms with Crippen LogP contribution in [0.4, 0.5) is 13.2 Å². The number of fused-ring (bicyclic) bond motifs is 2. The molecule has 34 heavy (non-hydrogen) atoms. The van der Waals surface area contributed by atoms with Gasteiger partial charge in [-0.2, -0.15) is 0 Å². The zero-order valence-electron chi connectivity index (χ0n) is 18.6. The molecule has 0 radical (unpaired) electrons. The Morgan fingerprint density at radius 3 is 2.74 bits per heavy atom. The van der Waals surface area contributed by atoms with Crippen molar-refractivity contribution in [2.75, 3.05) is 65.0 Å². The minimum atomic E-state index is -4.78. The largest absolute Gasteiger partial charge is 0.573 e. The Morgan fingerprint density at radius 2 is 1.94 bits per heavy atom. The number of ether oxygens (including phenoxy) is 3. The summed E-state index contributed by atoms with van der Waals surface area (Å²) < 4.78 is 55.2. The second-order valence-corrected chi connectivity index (χ2v) is 8.21. The Morgan fingerprint density at radius 1 is 1.15 bits per heavy atom. The minimum Gasteiger partial charge on any atom is -0.486 e. The van der Waals surface area contributed by atoms with Crippen LogP contribution in [0.3, 0.4) is 0 Å². The van der Waals surface area contributed by atoms with E-state index in [0.29, 0.717) is 36.1 Å². The SMILES string of the molecule is CN1CCOC2=C1C(NCCN1CCOCC1)Nn1c2nnc1-c1cccc(OC(F)(F)F)c1. The first-order valence-electron chi connectivity index (χ1n) is 11.1. The van der Waals surface area contributed by atoms with E-state index >= 15 is 0 Å². The van der Waals surface area contributed by atoms with Crippen molar-refractivity contribution in [1.29, 1.82) is 0 Å². The summed E-state index contributed by atoms with van der Waals surface area (Å²) in [5, 5.41) is 12.0. The third-order valence-electron chi connectivity index (χ3n) is 5.92. The number of aromatic nitrogens is 3. The number of rotatable bonds is 6. The highest BCUT2D eigenvalue weighted by atomic mass is 19.4. The van der Waals surface area contributed by atoms with Crippen LogP contribution < -0.4 is 15.5 Å². The van der Waals surface area contributed by atoms with Crippen LogP contribution >= 0.6 is 0 Å². The first kappa shape index (κ1) is 22.7. The van der Waals surface area contributed by atoms with Gasteiger partial charge in [-0.05, 0) is 12.1 Å². The number of hydrogen-bond donors (Lipinski definition) is 2. The Kier molecular flexibility index (Phi) is 6.23. The molecule has 10 nitrogen and oxygen atoms in total. The lowest BCUT2D eigenvalue weighted by Gasteiger charge is -2.39. The van der Waals surface area contributed by atoms with E-state index in [9.17, 15) is 13.2 Å². The third kappa shape index (κ3) is 4.76. The van der Waals surface area contributed by atoms with Crippen molar-refractivity contribution in [3.63, 3.8) is 0 Å². The monoisotopic (exact) mass is 481 g/mol. The number of nitrogens with one attached hydrogen (secondary N) is 2. The summed E-state index contributed by atoms with van der Waals surface area (Å²) in [7, 11) is 1.99. The molecule has 0 amide bonds. The van der Waals surface area contributed by atoms with E-state index in [2.05, 4.69) is 35.5 Å². The van der Waals surface area contributed by atoms with Crippen LogP contribution in [-0.4, -0.2) is 96.8 Å². The summed E-state index contributed by atoms with van der Waals surface area (Å²) in [5.41, 5.74) is 4.71. The predicted octanol–water partition coefficient (Wildman–Crippen LogP) is 1.28. The van der Waals surface area contributed by atoms with E-state index in [0.717, 1.165) is 45.1 Å². The van der Waals surface area contributed by atoms with Crippen LogP contribution in [0.2, 0.25) is 0 Å². The van der Waals surface area contributed by atoms with Gasteiger partial charge in [0, 0.05) is 38.8 Å². The van der Waals surface area contributed by atoms with Crippen LogP contribution in [-0.2, 0) is 9.47 Å². The second-order valence-electron chi connectivity index (χ2n) is 8.21. The molecule has 1 saturated heterocycles. The third-order valence-corrected chi connectivity index (χ3v) is 5.92. The first-order valence-corrected chi connectivity index (χ1v) is 11.1. The molecule has 0 bridgehead atoms. The summed E-state index contributed by atoms with van der Waals surface area (Å²) in [6.45, 7) is 6.04. The van der Waals surface area contributed by atoms with E-state index in [4.69, 9.17) is 9.47 Å². The molecule has 1 fully saturated rings. The molecule has 0 saturated carbocycles. The van der Waals surface area contributed by atoms with Gasteiger partial charge in [0.2, 0.25) is 5.82 Å². The smallest absolute Gasteiger partial charge is 0.486 e. The maximum atomic E-state index is 12.7. The van der Waals surface area contributed by atoms with E-state index in [1.807, 2.05) is 7.05 Å². The lowest BCUT2D eigenvalue weighted by molar-refractivity contribution is -0.274. The molecule has 4 heterocycles. The molecule has 2 aromatic rings. The number of alkyl halides is 3. The maximum absolute atomic E-state index is 12.7. The number of morpholine rings is 1. The molecule has 13 heteroatoms. The van der Waals surface area contributed by atoms with Gasteiger partial charge in [-0.15, -0.1) is 23.4 Å². The van der Waals surface area contributed by atoms with Crippen LogP contribution in [0.5, 0.6) is 5.75 Å². The Hall–Kier alpha value is -3.03. The molecule has 1 aromatic heterocycles. The zero-order valence-corrected chi connectivity index (χ0v) is 18.6. The van der Waals surface area contributed by atoms with Crippen LogP contribution in [0.25, 0.3) is 17.1 Å². The van der Waals surface area contributed by atoms with Gasteiger partial charge in [0.1, 0.15) is 18.5 Å². The van der Waals surface area contributed by atoms with Crippen LogP contribution in [0.1, 0.15) is 5.82 Å². The molecule has 3 aliphatic heterocycles. The Labute approximate surface area is 194 Å². The number of nitrogens with zero attached hydrogens (tertiary/aromatic N) is 5. The van der Waals surface area contributed by atoms with Crippen molar-refractivity contribution in [1.82, 2.24) is 30.0 Å². The lowest BCUT2D eigenvalue weighted by Crippen LogP contribution is -2.53. The Balaban J connectivity index is 1.41. The summed E-state index contributed by atoms with van der Waals surface area (Å²) in [6, 6.07) is 5.66. The topological polar surface area (TPSA) is 88.9 Å². The predicted molar refractivity (Wildman–Crippen MR) is 116 cm³/mol. The van der Waals surface area contributed by atoms with Crippen LogP contribution in [0.15, 0.2) is 30.0 Å². The molecule has 1 aromatic carbocycles. The fourth-order valence-corrected chi connectivity index (χ4v) is 4.28. The quantitative estimate of drug-likeness (QED) is 0.634. The molecule has 1 atom stereocenters. The highest BCUT2D eigenvalue weighted by molar-refractivity contribution is 5.67. The van der Waals surface area contributed by atoms with Gasteiger partial charge < -0.3 is 19.1 Å². The van der Waals surface area contributed by atoms with Crippen molar-refractivity contribution >= 4 is 5.76 Å². The van der Waals surface area contributed by atoms with Crippen LogP contribution in [0, 0.1) is 0 Å². The van der Waals surface area contributed by atoms with Crippen molar-refractivity contribution < 1.29 is 27.4 Å². The van der Waals surface area contributed by atoms with Crippen molar-refractivity contribution in [2.45, 2.75) is 12.5 Å². The van der Waals surface area contributed by atoms with Gasteiger partial charge in [-0.25, -0.2) is 4.68 Å². The lowest BCUT2D eigenvalue weighted by atomic mass is 10.1. The molecule has 2 N–H and O–H groups in total. The van der Waals surface area contributed by atoms with Crippen molar-refractivity contribution in [3.8, 4) is 17.1 Å². The van der Waals surface area contributed by atoms with Gasteiger partial charge in [-0.3, -0.25) is 15.6 Å². The molecule has 0 aliphatic carbocycles. The van der Waals surface area contributed by atoms with E-state index in [-0.39, 0.29) is 11.9 Å². The van der Waals surface area contributed by atoms with Gasteiger partial charge >= 0.3 is 6.36 Å². The molecule has 184 valence electrons. The first-order chi connectivity index (χ1) is 16.4. The molecule has 5 rings (SSSR count). The molecule has 1 unspecified atom stereocenters. The highest BCUT2D eigenvalue weighted by Crippen LogP contribution is 2.33. The standard InChI is InChI=1S/C21H26F3N7O3/c1-29-7-12-33-17-16(29)18(25-5-6-30-8-10-32-11-9-30)28-31-19(26-27-20(17)31)14-3-2-4-15(13-14)34-21(22,23)24/h2-4,13,18,25,28H,5-12H2,1H3. The fourth-order valence-electron chi connectivity index (χ4n) is 4.28. The summed E-state index contributed by atoms with van der Waals surface area (Å²) in [4.78, 5) is 4.44. The van der Waals surface area contributed by atoms with E-state index < -0.39 is 6.36 Å². The van der Waals surface area contributed by atoms with Crippen molar-refractivity contribution in [2.24, 2.45) is 0 Å². The fraction of sp³-hybridized carbons (Fsp3) is 0.524. The number of hydrogen-bond acceptors (Lipinski definition) is 9. The van der Waals surface area contributed by atoms with Gasteiger partial charge in [-0.1, -0.05) is 12.1 Å². The van der Waals surface area contributed by atoms with Gasteiger partial charge in [0.25, 0.3) is 0 Å². The Bertz CT molecular complexity index is 1050. The molecule has 0 spiro atoms. The van der Waals surface area contributed by atoms with E-state index in [1.165, 1.54) is 18.2 Å². The average Bonchev–Trinajstić information content (AvgIpc) is 3.23. The van der Waals surface area contributed by atoms with Crippen molar-refractivity contribution in [3.05, 3.63) is 35.8 Å². The summed E-state index contributed by atoms with van der Waals surface area (Å²) in [5.74, 6) is 1.08. The number of likely N-dealkylation sites (N-methyl/N-ethyl adjacent to an activating group) is 1. The summed E-state index contributed by atoms with van der Waals surface area (Å²) >= 11 is 0. The maximum Gasteiger partial charge on any atom is 0.573 e. The number of halogens is 3. The molecular weight excluding hydrogens is 455 g/mol. The molecule has 3 aliphatic rings. The minimum absolute atomic E-state index is 0.307. The second kappa shape index (κ2) is 9.31. The van der Waals surface area contributed by atoms with Gasteiger partial charge in [0.15, 0.2) is 11.6 Å². The zero-order chi connectivity index (χ0) is 23.7. The molecular formula is C21H26F3N7O3. The summed E-state index contributed by atoms with van der Waals surface area (Å²) in [6.07, 6.45) is -5.09. The average molecular weight is 481 g/mol.